The average Bonchev–Trinajstić information content (AvgIpc) is 1.98. The van der Waals surface area contributed by atoms with E-state index in [1.165, 1.54) is 0 Å². The van der Waals surface area contributed by atoms with Crippen LogP contribution in [0.5, 0.6) is 0 Å². The number of rotatable bonds is 1. The predicted octanol–water partition coefficient (Wildman–Crippen LogP) is 0.531. The minimum Gasteiger partial charge on any atom is -0.481 e. The normalized spacial score (nSPS) is 35.1. The van der Waals surface area contributed by atoms with E-state index in [2.05, 4.69) is 0 Å². The molecule has 0 aromatic rings. The summed E-state index contributed by atoms with van der Waals surface area (Å²) in [5.41, 5.74) is -2.50. The minimum absolute atomic E-state index is 0.650. The topological polar surface area (TPSA) is 71.4 Å². The highest BCUT2D eigenvalue weighted by atomic mass is 32.2. The van der Waals surface area contributed by atoms with Crippen molar-refractivity contribution in [3.8, 4) is 0 Å². The van der Waals surface area contributed by atoms with Gasteiger partial charge in [-0.25, -0.2) is 17.2 Å². The first-order valence-corrected chi connectivity index (χ1v) is 5.74. The Morgan fingerprint density at radius 2 is 1.93 bits per heavy atom. The van der Waals surface area contributed by atoms with Gasteiger partial charge in [0, 0.05) is 6.42 Å². The Kier molecular flexibility index (Phi) is 2.34. The van der Waals surface area contributed by atoms with E-state index in [1.54, 1.807) is 0 Å². The van der Waals surface area contributed by atoms with Crippen LogP contribution in [-0.4, -0.2) is 36.9 Å². The molecule has 0 spiro atoms. The quantitative estimate of drug-likeness (QED) is 0.710. The van der Waals surface area contributed by atoms with Crippen LogP contribution >= 0.6 is 0 Å². The Bertz CT molecular complexity index is 362. The van der Waals surface area contributed by atoms with Crippen LogP contribution in [0.1, 0.15) is 13.3 Å². The number of sulfone groups is 1. The van der Waals surface area contributed by atoms with Crippen LogP contribution in [0, 0.1) is 5.41 Å². The lowest BCUT2D eigenvalue weighted by atomic mass is 9.83. The minimum atomic E-state index is -3.67. The Morgan fingerprint density at radius 1 is 1.43 bits per heavy atom. The molecule has 14 heavy (non-hydrogen) atoms. The van der Waals surface area contributed by atoms with Crippen LogP contribution in [0.3, 0.4) is 0 Å². The zero-order chi connectivity index (χ0) is 11.2. The molecule has 0 saturated carbocycles. The number of carboxylic acid groups (broad SMARTS) is 1. The van der Waals surface area contributed by atoms with E-state index in [0.717, 1.165) is 6.92 Å². The van der Waals surface area contributed by atoms with Gasteiger partial charge >= 0.3 is 5.97 Å². The number of alkyl halides is 2. The molecule has 0 aromatic carbocycles. The monoisotopic (exact) mass is 228 g/mol. The van der Waals surface area contributed by atoms with Crippen LogP contribution in [0.15, 0.2) is 0 Å². The zero-order valence-corrected chi connectivity index (χ0v) is 8.27. The summed E-state index contributed by atoms with van der Waals surface area (Å²) in [6.45, 7) is 0.770. The molecule has 1 N–H and O–H groups in total. The summed E-state index contributed by atoms with van der Waals surface area (Å²) in [5.74, 6) is -6.89. The van der Waals surface area contributed by atoms with Crippen molar-refractivity contribution in [1.29, 1.82) is 0 Å². The fraction of sp³-hybridized carbons (Fsp3) is 0.857. The SMILES string of the molecule is CC1(C(=O)O)CS(=O)(=O)CCC1(F)F. The van der Waals surface area contributed by atoms with Gasteiger partial charge in [0.2, 0.25) is 0 Å². The van der Waals surface area contributed by atoms with Crippen molar-refractivity contribution in [3.63, 3.8) is 0 Å². The Balaban J connectivity index is 3.17. The van der Waals surface area contributed by atoms with Gasteiger partial charge in [0.05, 0.1) is 11.5 Å². The molecule has 1 atom stereocenters. The first-order valence-electron chi connectivity index (χ1n) is 3.92. The van der Waals surface area contributed by atoms with E-state index in [9.17, 15) is 22.0 Å². The molecule has 0 amide bonds. The Labute approximate surface area is 79.8 Å². The van der Waals surface area contributed by atoms with E-state index < -0.39 is 45.1 Å². The number of carbonyl (C=O) groups is 1. The number of halogens is 2. The molecule has 1 heterocycles. The van der Waals surface area contributed by atoms with Gasteiger partial charge in [-0.05, 0) is 6.92 Å². The summed E-state index contributed by atoms with van der Waals surface area (Å²) in [5, 5.41) is 8.62. The fourth-order valence-electron chi connectivity index (χ4n) is 1.40. The molecule has 7 heteroatoms. The second kappa shape index (κ2) is 2.88. The third kappa shape index (κ3) is 1.60. The highest BCUT2D eigenvalue weighted by Gasteiger charge is 2.60. The number of aliphatic carboxylic acids is 1. The van der Waals surface area contributed by atoms with Crippen molar-refractivity contribution >= 4 is 15.8 Å². The van der Waals surface area contributed by atoms with Gasteiger partial charge in [0.25, 0.3) is 5.92 Å². The standard InChI is InChI=1S/C7H10F2O4S/c1-6(5(10)11)4-14(12,13)3-2-7(6,8)9/h2-4H2,1H3,(H,10,11). The maximum absolute atomic E-state index is 13.2. The van der Waals surface area contributed by atoms with E-state index in [1.807, 2.05) is 0 Å². The highest BCUT2D eigenvalue weighted by molar-refractivity contribution is 7.91. The summed E-state index contributed by atoms with van der Waals surface area (Å²) in [4.78, 5) is 10.6. The molecular formula is C7H10F2O4S. The molecular weight excluding hydrogens is 218 g/mol. The first-order chi connectivity index (χ1) is 6.11. The Hall–Kier alpha value is -0.720. The van der Waals surface area contributed by atoms with Crippen LogP contribution in [0.4, 0.5) is 8.78 Å². The summed E-state index contributed by atoms with van der Waals surface area (Å²) >= 11 is 0. The highest BCUT2D eigenvalue weighted by Crippen LogP contribution is 2.44. The van der Waals surface area contributed by atoms with Crippen LogP contribution in [0.25, 0.3) is 0 Å². The average molecular weight is 228 g/mol. The molecule has 1 saturated heterocycles. The van der Waals surface area contributed by atoms with Gasteiger partial charge in [-0.15, -0.1) is 0 Å². The molecule has 0 radical (unpaired) electrons. The van der Waals surface area contributed by atoms with E-state index in [-0.39, 0.29) is 0 Å². The van der Waals surface area contributed by atoms with Crippen molar-refractivity contribution in [2.75, 3.05) is 11.5 Å². The number of carboxylic acids is 1. The molecule has 1 unspecified atom stereocenters. The van der Waals surface area contributed by atoms with Crippen molar-refractivity contribution < 1.29 is 27.1 Å². The lowest BCUT2D eigenvalue weighted by Gasteiger charge is -2.36. The van der Waals surface area contributed by atoms with E-state index in [0.29, 0.717) is 0 Å². The van der Waals surface area contributed by atoms with Gasteiger partial charge in [0.15, 0.2) is 9.84 Å². The molecule has 82 valence electrons. The van der Waals surface area contributed by atoms with Crippen LogP contribution < -0.4 is 0 Å². The third-order valence-electron chi connectivity index (χ3n) is 2.51. The van der Waals surface area contributed by atoms with Crippen molar-refractivity contribution in [2.45, 2.75) is 19.3 Å². The molecule has 1 aliphatic rings. The molecule has 1 fully saturated rings. The smallest absolute Gasteiger partial charge is 0.316 e. The van der Waals surface area contributed by atoms with Gasteiger partial charge < -0.3 is 5.11 Å². The largest absolute Gasteiger partial charge is 0.481 e. The second-order valence-corrected chi connectivity index (χ2v) is 5.87. The molecule has 4 nitrogen and oxygen atoms in total. The second-order valence-electron chi connectivity index (χ2n) is 3.68. The van der Waals surface area contributed by atoms with Gasteiger partial charge in [0.1, 0.15) is 5.41 Å². The zero-order valence-electron chi connectivity index (χ0n) is 7.46. The molecule has 1 rings (SSSR count). The van der Waals surface area contributed by atoms with Crippen molar-refractivity contribution in [2.24, 2.45) is 5.41 Å². The summed E-state index contributed by atoms with van der Waals surface area (Å²) in [7, 11) is -3.67. The van der Waals surface area contributed by atoms with Crippen LogP contribution in [0.2, 0.25) is 0 Å². The molecule has 0 aliphatic carbocycles. The van der Waals surface area contributed by atoms with Gasteiger partial charge in [-0.3, -0.25) is 4.79 Å². The number of hydrogen-bond donors (Lipinski definition) is 1. The predicted molar refractivity (Wildman–Crippen MR) is 44.0 cm³/mol. The molecule has 0 bridgehead atoms. The van der Waals surface area contributed by atoms with Gasteiger partial charge in [-0.2, -0.15) is 0 Å². The summed E-state index contributed by atoms with van der Waals surface area (Å²) < 4.78 is 48.5. The summed E-state index contributed by atoms with van der Waals surface area (Å²) in [6, 6.07) is 0. The third-order valence-corrected chi connectivity index (χ3v) is 4.36. The number of hydrogen-bond acceptors (Lipinski definition) is 3. The lowest BCUT2D eigenvalue weighted by molar-refractivity contribution is -0.173. The fourth-order valence-corrected chi connectivity index (χ4v) is 3.32. The van der Waals surface area contributed by atoms with Crippen molar-refractivity contribution in [3.05, 3.63) is 0 Å². The van der Waals surface area contributed by atoms with Crippen LogP contribution in [-0.2, 0) is 14.6 Å². The Morgan fingerprint density at radius 3 is 2.29 bits per heavy atom. The molecule has 1 aliphatic heterocycles. The van der Waals surface area contributed by atoms with Crippen molar-refractivity contribution in [1.82, 2.24) is 0 Å². The van der Waals surface area contributed by atoms with E-state index in [4.69, 9.17) is 5.11 Å². The maximum Gasteiger partial charge on any atom is 0.316 e. The van der Waals surface area contributed by atoms with E-state index >= 15 is 0 Å². The summed E-state index contributed by atoms with van der Waals surface area (Å²) in [6.07, 6.45) is -0.919. The molecule has 0 aromatic heterocycles. The lowest BCUT2D eigenvalue weighted by Crippen LogP contribution is -2.54. The van der Waals surface area contributed by atoms with Gasteiger partial charge in [-0.1, -0.05) is 0 Å². The maximum atomic E-state index is 13.2. The first kappa shape index (κ1) is 11.4.